The molecular weight excluding hydrogens is 214 g/mol. The number of imidazole rings is 1. The van der Waals surface area contributed by atoms with Crippen molar-refractivity contribution in [2.75, 3.05) is 0 Å². The first-order valence-electron chi connectivity index (χ1n) is 4.31. The number of aromatic carboxylic acids is 1. The summed E-state index contributed by atoms with van der Waals surface area (Å²) in [7, 11) is 0. The molecule has 1 N–H and O–H groups in total. The summed E-state index contributed by atoms with van der Waals surface area (Å²) in [6.45, 7) is 2.30. The van der Waals surface area contributed by atoms with Crippen molar-refractivity contribution < 1.29 is 9.90 Å². The van der Waals surface area contributed by atoms with E-state index in [-0.39, 0.29) is 5.69 Å². The van der Waals surface area contributed by atoms with E-state index in [0.717, 1.165) is 4.88 Å². The van der Waals surface area contributed by atoms with Gasteiger partial charge in [-0.05, 0) is 6.92 Å². The summed E-state index contributed by atoms with van der Waals surface area (Å²) >= 11 is 1.50. The van der Waals surface area contributed by atoms with Crippen LogP contribution >= 0.6 is 11.3 Å². The van der Waals surface area contributed by atoms with Crippen LogP contribution in [-0.2, 0) is 6.54 Å². The molecule has 2 aromatic heterocycles. The largest absolute Gasteiger partial charge is 0.477 e. The summed E-state index contributed by atoms with van der Waals surface area (Å²) < 4.78 is 1.66. The third-order valence-corrected chi connectivity index (χ3v) is 2.84. The van der Waals surface area contributed by atoms with Crippen LogP contribution in [0.3, 0.4) is 0 Å². The second kappa shape index (κ2) is 3.82. The molecule has 0 aromatic carbocycles. The topological polar surface area (TPSA) is 68.0 Å². The van der Waals surface area contributed by atoms with Gasteiger partial charge in [0, 0.05) is 11.1 Å². The Bertz CT molecular complexity index is 476. The summed E-state index contributed by atoms with van der Waals surface area (Å²) in [6.07, 6.45) is 3.11. The Kier molecular flexibility index (Phi) is 2.51. The van der Waals surface area contributed by atoms with Crippen molar-refractivity contribution in [2.45, 2.75) is 13.5 Å². The minimum Gasteiger partial charge on any atom is -0.477 e. The van der Waals surface area contributed by atoms with Crippen LogP contribution in [0.25, 0.3) is 0 Å². The van der Waals surface area contributed by atoms with E-state index < -0.39 is 5.97 Å². The minimum absolute atomic E-state index is 0.209. The van der Waals surface area contributed by atoms with Crippen molar-refractivity contribution in [3.8, 4) is 0 Å². The van der Waals surface area contributed by atoms with Crippen molar-refractivity contribution in [1.82, 2.24) is 14.5 Å². The molecule has 0 radical (unpaired) electrons. The highest BCUT2D eigenvalue weighted by atomic mass is 32.1. The molecule has 0 saturated carbocycles. The zero-order chi connectivity index (χ0) is 10.8. The Hall–Kier alpha value is -1.69. The van der Waals surface area contributed by atoms with Crippen molar-refractivity contribution in [1.29, 1.82) is 0 Å². The van der Waals surface area contributed by atoms with Crippen LogP contribution in [0, 0.1) is 6.92 Å². The van der Waals surface area contributed by atoms with Crippen molar-refractivity contribution in [3.63, 3.8) is 0 Å². The Labute approximate surface area is 90.0 Å². The zero-order valence-electron chi connectivity index (χ0n) is 8.04. The fourth-order valence-corrected chi connectivity index (χ4v) is 1.90. The number of aromatic nitrogens is 3. The van der Waals surface area contributed by atoms with Gasteiger partial charge in [-0.3, -0.25) is 4.98 Å². The molecule has 0 amide bonds. The highest BCUT2D eigenvalue weighted by Crippen LogP contribution is 2.12. The molecule has 15 heavy (non-hydrogen) atoms. The molecule has 0 bridgehead atoms. The van der Waals surface area contributed by atoms with Gasteiger partial charge in [0.25, 0.3) is 0 Å². The smallest absolute Gasteiger partial charge is 0.354 e. The molecule has 0 aliphatic carbocycles. The number of hydrogen-bond acceptors (Lipinski definition) is 4. The standard InChI is InChI=1S/C9H9N3O2S/c1-6-11-3-8(9(13)14)12(6)4-7-2-10-5-15-7/h2-3,5H,4H2,1H3,(H,13,14). The second-order valence-electron chi connectivity index (χ2n) is 3.05. The molecule has 0 fully saturated rings. The van der Waals surface area contributed by atoms with Crippen LogP contribution in [0.15, 0.2) is 17.9 Å². The number of aryl methyl sites for hydroxylation is 1. The fourth-order valence-electron chi connectivity index (χ4n) is 1.31. The van der Waals surface area contributed by atoms with Crippen molar-refractivity contribution in [2.24, 2.45) is 0 Å². The first kappa shape index (κ1) is 9.85. The zero-order valence-corrected chi connectivity index (χ0v) is 8.86. The lowest BCUT2D eigenvalue weighted by Gasteiger charge is -2.04. The Balaban J connectivity index is 2.35. The molecule has 5 nitrogen and oxygen atoms in total. The third kappa shape index (κ3) is 1.89. The van der Waals surface area contributed by atoms with Gasteiger partial charge in [0.2, 0.25) is 0 Å². The van der Waals surface area contributed by atoms with E-state index in [1.54, 1.807) is 23.2 Å². The van der Waals surface area contributed by atoms with Crippen LogP contribution in [-0.4, -0.2) is 25.6 Å². The number of nitrogens with zero attached hydrogens (tertiary/aromatic N) is 3. The summed E-state index contributed by atoms with van der Waals surface area (Å²) in [5.41, 5.74) is 1.93. The first-order chi connectivity index (χ1) is 7.18. The fraction of sp³-hybridized carbons (Fsp3) is 0.222. The molecule has 78 valence electrons. The average molecular weight is 223 g/mol. The van der Waals surface area contributed by atoms with Crippen molar-refractivity contribution in [3.05, 3.63) is 34.3 Å². The maximum atomic E-state index is 10.9. The summed E-state index contributed by atoms with van der Waals surface area (Å²) in [6, 6.07) is 0. The molecule has 6 heteroatoms. The van der Waals surface area contributed by atoms with Crippen LogP contribution in [0.2, 0.25) is 0 Å². The van der Waals surface area contributed by atoms with Crippen LogP contribution in [0.1, 0.15) is 21.2 Å². The van der Waals surface area contributed by atoms with Gasteiger partial charge in [0.1, 0.15) is 11.5 Å². The molecule has 0 saturated heterocycles. The highest BCUT2D eigenvalue weighted by Gasteiger charge is 2.13. The normalized spacial score (nSPS) is 10.5. The number of thiazole rings is 1. The predicted molar refractivity (Wildman–Crippen MR) is 55.1 cm³/mol. The molecule has 2 rings (SSSR count). The maximum Gasteiger partial charge on any atom is 0.354 e. The van der Waals surface area contributed by atoms with Gasteiger partial charge in [-0.15, -0.1) is 11.3 Å². The monoisotopic (exact) mass is 223 g/mol. The van der Waals surface area contributed by atoms with Crippen LogP contribution in [0.4, 0.5) is 0 Å². The van der Waals surface area contributed by atoms with Crippen LogP contribution in [0.5, 0.6) is 0 Å². The predicted octanol–water partition coefficient (Wildman–Crippen LogP) is 1.39. The third-order valence-electron chi connectivity index (χ3n) is 2.07. The van der Waals surface area contributed by atoms with Gasteiger partial charge < -0.3 is 9.67 Å². The maximum absolute atomic E-state index is 10.9. The number of carboxylic acids is 1. The number of hydrogen-bond donors (Lipinski definition) is 1. The molecule has 2 aromatic rings. The lowest BCUT2D eigenvalue weighted by atomic mass is 10.4. The lowest BCUT2D eigenvalue weighted by molar-refractivity contribution is 0.0685. The van der Waals surface area contributed by atoms with E-state index in [9.17, 15) is 4.79 Å². The molecule has 0 aliphatic rings. The average Bonchev–Trinajstić information content (AvgIpc) is 2.78. The SMILES string of the molecule is Cc1ncc(C(=O)O)n1Cc1cncs1. The van der Waals surface area contributed by atoms with E-state index in [1.165, 1.54) is 17.5 Å². The molecule has 0 aliphatic heterocycles. The van der Waals surface area contributed by atoms with E-state index in [2.05, 4.69) is 9.97 Å². The minimum atomic E-state index is -0.958. The summed E-state index contributed by atoms with van der Waals surface area (Å²) in [5.74, 6) is -0.263. The quantitative estimate of drug-likeness (QED) is 0.853. The highest BCUT2D eigenvalue weighted by molar-refractivity contribution is 7.09. The Morgan fingerprint density at radius 3 is 3.00 bits per heavy atom. The van der Waals surface area contributed by atoms with Gasteiger partial charge in [-0.1, -0.05) is 0 Å². The number of carbonyl (C=O) groups is 1. The van der Waals surface area contributed by atoms with Gasteiger partial charge in [0.05, 0.1) is 18.3 Å². The molecular formula is C9H9N3O2S. The molecule has 0 unspecified atom stereocenters. The van der Waals surface area contributed by atoms with Gasteiger partial charge >= 0.3 is 5.97 Å². The van der Waals surface area contributed by atoms with E-state index in [1.807, 2.05) is 0 Å². The Morgan fingerprint density at radius 1 is 1.60 bits per heavy atom. The van der Waals surface area contributed by atoms with Crippen molar-refractivity contribution >= 4 is 17.3 Å². The van der Waals surface area contributed by atoms with Gasteiger partial charge in [-0.25, -0.2) is 9.78 Å². The van der Waals surface area contributed by atoms with E-state index in [0.29, 0.717) is 12.4 Å². The Morgan fingerprint density at radius 2 is 2.40 bits per heavy atom. The van der Waals surface area contributed by atoms with E-state index in [4.69, 9.17) is 5.11 Å². The second-order valence-corrected chi connectivity index (χ2v) is 4.02. The first-order valence-corrected chi connectivity index (χ1v) is 5.19. The summed E-state index contributed by atoms with van der Waals surface area (Å²) in [4.78, 5) is 19.8. The number of carboxylic acid groups (broad SMARTS) is 1. The van der Waals surface area contributed by atoms with E-state index >= 15 is 0 Å². The lowest BCUT2D eigenvalue weighted by Crippen LogP contribution is -2.10. The number of rotatable bonds is 3. The molecule has 0 spiro atoms. The van der Waals surface area contributed by atoms with Gasteiger partial charge in [0.15, 0.2) is 0 Å². The molecule has 0 atom stereocenters. The molecule has 2 heterocycles. The summed E-state index contributed by atoms with van der Waals surface area (Å²) in [5, 5.41) is 8.93. The van der Waals surface area contributed by atoms with Gasteiger partial charge in [-0.2, -0.15) is 0 Å². The van der Waals surface area contributed by atoms with Crippen LogP contribution < -0.4 is 0 Å².